The number of rotatable bonds is 4. The number of fused-ring (bicyclic) bond motifs is 1. The molecule has 1 saturated carbocycles. The number of hydrogen-bond donors (Lipinski definition) is 1. The van der Waals surface area contributed by atoms with Gasteiger partial charge in [0.05, 0.1) is 0 Å². The van der Waals surface area contributed by atoms with Crippen LogP contribution in [0.25, 0.3) is 0 Å². The van der Waals surface area contributed by atoms with Crippen LogP contribution in [0.2, 0.25) is 0 Å². The van der Waals surface area contributed by atoms with Gasteiger partial charge in [-0.25, -0.2) is 0 Å². The van der Waals surface area contributed by atoms with Gasteiger partial charge in [0, 0.05) is 18.6 Å². The third-order valence-corrected chi connectivity index (χ3v) is 5.65. The quantitative estimate of drug-likeness (QED) is 0.853. The number of nitrogens with one attached hydrogen (secondary N) is 1. The number of piperidine rings is 1. The van der Waals surface area contributed by atoms with Crippen molar-refractivity contribution < 1.29 is 0 Å². The standard InChI is InChI=1S/C19H26N2/c1-2-5-15(6-3-1)14-21-11-9-17(10-12-21)20-19-13-16-7-4-8-18(16)19/h1-6,8,16-20H,7,9-14H2/t16-,18-,19-/m0/s1. The predicted octanol–water partition coefficient (Wildman–Crippen LogP) is 3.21. The molecule has 2 heteroatoms. The molecule has 0 aromatic heterocycles. The lowest BCUT2D eigenvalue weighted by Gasteiger charge is -2.44. The number of nitrogens with zero attached hydrogens (tertiary/aromatic N) is 1. The minimum Gasteiger partial charge on any atom is -0.311 e. The van der Waals surface area contributed by atoms with Gasteiger partial charge < -0.3 is 5.32 Å². The first-order valence-electron chi connectivity index (χ1n) is 8.57. The van der Waals surface area contributed by atoms with Crippen LogP contribution in [0.15, 0.2) is 42.5 Å². The Morgan fingerprint density at radius 3 is 2.67 bits per heavy atom. The summed E-state index contributed by atoms with van der Waals surface area (Å²) in [5.41, 5.74) is 1.45. The van der Waals surface area contributed by atoms with Crippen LogP contribution in [0.1, 0.15) is 31.2 Å². The lowest BCUT2D eigenvalue weighted by molar-refractivity contribution is 0.120. The summed E-state index contributed by atoms with van der Waals surface area (Å²) >= 11 is 0. The van der Waals surface area contributed by atoms with E-state index in [0.717, 1.165) is 30.5 Å². The van der Waals surface area contributed by atoms with Crippen molar-refractivity contribution in [2.45, 2.75) is 44.3 Å². The monoisotopic (exact) mass is 282 g/mol. The Hall–Kier alpha value is -1.12. The first-order chi connectivity index (χ1) is 10.4. The Kier molecular flexibility index (Phi) is 3.83. The zero-order valence-corrected chi connectivity index (χ0v) is 12.7. The van der Waals surface area contributed by atoms with Gasteiger partial charge in [-0.3, -0.25) is 4.90 Å². The maximum absolute atomic E-state index is 3.93. The van der Waals surface area contributed by atoms with Crippen molar-refractivity contribution >= 4 is 0 Å². The number of benzene rings is 1. The van der Waals surface area contributed by atoms with Crippen molar-refractivity contribution in [3.63, 3.8) is 0 Å². The van der Waals surface area contributed by atoms with E-state index in [0.29, 0.717) is 0 Å². The van der Waals surface area contributed by atoms with E-state index in [1.54, 1.807) is 0 Å². The van der Waals surface area contributed by atoms with E-state index in [1.165, 1.54) is 44.3 Å². The van der Waals surface area contributed by atoms with E-state index >= 15 is 0 Å². The molecule has 3 atom stereocenters. The molecule has 3 aliphatic rings. The van der Waals surface area contributed by atoms with E-state index in [9.17, 15) is 0 Å². The normalized spacial score (nSPS) is 32.9. The van der Waals surface area contributed by atoms with Crippen molar-refractivity contribution in [1.29, 1.82) is 0 Å². The van der Waals surface area contributed by atoms with Gasteiger partial charge in [0.15, 0.2) is 0 Å². The smallest absolute Gasteiger partial charge is 0.0233 e. The fourth-order valence-electron chi connectivity index (χ4n) is 4.31. The Bertz CT molecular complexity index is 488. The van der Waals surface area contributed by atoms with Crippen molar-refractivity contribution in [2.75, 3.05) is 13.1 Å². The molecular weight excluding hydrogens is 256 g/mol. The van der Waals surface area contributed by atoms with Gasteiger partial charge in [-0.2, -0.15) is 0 Å². The SMILES string of the molecule is C1=C[C@H]2[C@@H](C1)C[C@@H]2NC1CCN(Cc2ccccc2)CC1. The highest BCUT2D eigenvalue weighted by Crippen LogP contribution is 2.43. The fourth-order valence-corrected chi connectivity index (χ4v) is 4.31. The zero-order chi connectivity index (χ0) is 14.1. The lowest BCUT2D eigenvalue weighted by Crippen LogP contribution is -2.54. The first-order valence-corrected chi connectivity index (χ1v) is 8.57. The summed E-state index contributed by atoms with van der Waals surface area (Å²) in [5, 5.41) is 3.93. The van der Waals surface area contributed by atoms with Crippen LogP contribution in [0.3, 0.4) is 0 Å². The van der Waals surface area contributed by atoms with E-state index in [4.69, 9.17) is 0 Å². The van der Waals surface area contributed by atoms with Crippen LogP contribution < -0.4 is 5.32 Å². The average Bonchev–Trinajstić information content (AvgIpc) is 2.89. The molecule has 21 heavy (non-hydrogen) atoms. The molecule has 1 aromatic carbocycles. The van der Waals surface area contributed by atoms with Crippen molar-refractivity contribution in [2.24, 2.45) is 11.8 Å². The molecule has 0 bridgehead atoms. The van der Waals surface area contributed by atoms with E-state index in [2.05, 4.69) is 52.7 Å². The molecule has 2 nitrogen and oxygen atoms in total. The molecule has 0 radical (unpaired) electrons. The van der Waals surface area contributed by atoms with Crippen LogP contribution in [-0.2, 0) is 6.54 Å². The van der Waals surface area contributed by atoms with Crippen molar-refractivity contribution in [3.8, 4) is 0 Å². The highest BCUT2D eigenvalue weighted by Gasteiger charge is 2.41. The third kappa shape index (κ3) is 2.93. The van der Waals surface area contributed by atoms with Crippen molar-refractivity contribution in [3.05, 3.63) is 48.0 Å². The van der Waals surface area contributed by atoms with Gasteiger partial charge in [-0.15, -0.1) is 0 Å². The molecule has 2 fully saturated rings. The van der Waals surface area contributed by atoms with E-state index < -0.39 is 0 Å². The molecule has 0 amide bonds. The summed E-state index contributed by atoms with van der Waals surface area (Å²) in [5.74, 6) is 1.83. The number of hydrogen-bond acceptors (Lipinski definition) is 2. The van der Waals surface area contributed by atoms with Crippen LogP contribution >= 0.6 is 0 Å². The predicted molar refractivity (Wildman–Crippen MR) is 87.0 cm³/mol. The molecule has 1 saturated heterocycles. The lowest BCUT2D eigenvalue weighted by atomic mass is 9.71. The summed E-state index contributed by atoms with van der Waals surface area (Å²) in [6.45, 7) is 3.59. The highest BCUT2D eigenvalue weighted by atomic mass is 15.1. The van der Waals surface area contributed by atoms with Gasteiger partial charge in [0.1, 0.15) is 0 Å². The van der Waals surface area contributed by atoms with E-state index in [1.807, 2.05) is 0 Å². The summed E-state index contributed by atoms with van der Waals surface area (Å²) in [6, 6.07) is 12.4. The second kappa shape index (κ2) is 5.94. The molecule has 0 spiro atoms. The molecule has 1 heterocycles. The summed E-state index contributed by atoms with van der Waals surface area (Å²) in [7, 11) is 0. The van der Waals surface area contributed by atoms with Crippen LogP contribution in [0.4, 0.5) is 0 Å². The number of likely N-dealkylation sites (tertiary alicyclic amines) is 1. The van der Waals surface area contributed by atoms with Crippen molar-refractivity contribution in [1.82, 2.24) is 10.2 Å². The Morgan fingerprint density at radius 1 is 1.10 bits per heavy atom. The fraction of sp³-hybridized carbons (Fsp3) is 0.579. The van der Waals surface area contributed by atoms with Gasteiger partial charge in [-0.05, 0) is 56.2 Å². The molecule has 4 rings (SSSR count). The molecule has 112 valence electrons. The third-order valence-electron chi connectivity index (χ3n) is 5.65. The molecule has 0 unspecified atom stereocenters. The highest BCUT2D eigenvalue weighted by molar-refractivity contribution is 5.15. The largest absolute Gasteiger partial charge is 0.311 e. The van der Waals surface area contributed by atoms with Crippen LogP contribution in [0.5, 0.6) is 0 Å². The van der Waals surface area contributed by atoms with Gasteiger partial charge in [-0.1, -0.05) is 42.5 Å². The maximum Gasteiger partial charge on any atom is 0.0233 e. The number of allylic oxidation sites excluding steroid dienone is 1. The van der Waals surface area contributed by atoms with Gasteiger partial charge in [0.2, 0.25) is 0 Å². The van der Waals surface area contributed by atoms with E-state index in [-0.39, 0.29) is 0 Å². The Morgan fingerprint density at radius 2 is 1.90 bits per heavy atom. The van der Waals surface area contributed by atoms with Crippen LogP contribution in [0, 0.1) is 11.8 Å². The van der Waals surface area contributed by atoms with Gasteiger partial charge in [0.25, 0.3) is 0 Å². The topological polar surface area (TPSA) is 15.3 Å². The molecule has 1 aliphatic heterocycles. The minimum absolute atomic E-state index is 0.747. The minimum atomic E-state index is 0.747. The van der Waals surface area contributed by atoms with Gasteiger partial charge >= 0.3 is 0 Å². The first kappa shape index (κ1) is 13.5. The molecule has 1 aromatic rings. The second-order valence-electron chi connectivity index (χ2n) is 7.05. The van der Waals surface area contributed by atoms with Crippen LogP contribution in [-0.4, -0.2) is 30.1 Å². The Labute approximate surface area is 128 Å². The molecule has 2 aliphatic carbocycles. The zero-order valence-electron chi connectivity index (χ0n) is 12.7. The maximum atomic E-state index is 3.93. The molecule has 1 N–H and O–H groups in total. The summed E-state index contributed by atoms with van der Waals surface area (Å²) in [6.07, 6.45) is 10.2. The average molecular weight is 282 g/mol. The second-order valence-corrected chi connectivity index (χ2v) is 7.05. The molecular formula is C19H26N2. The summed E-state index contributed by atoms with van der Waals surface area (Å²) < 4.78 is 0. The summed E-state index contributed by atoms with van der Waals surface area (Å²) in [4.78, 5) is 2.60. The Balaban J connectivity index is 1.23.